The standard InChI is InChI=1S/C14H21NO4S/c1-5-13(11(3)14(16)19-4)15-20(17,18)12-8-6-10(2)7-9-12/h6-9,11,13,15H,5H2,1-4H3/t11-,13-/m0/s1. The van der Waals surface area contributed by atoms with Crippen molar-refractivity contribution < 1.29 is 17.9 Å². The van der Waals surface area contributed by atoms with Crippen LogP contribution in [0.5, 0.6) is 0 Å². The van der Waals surface area contributed by atoms with Crippen LogP contribution in [0.15, 0.2) is 29.2 Å². The van der Waals surface area contributed by atoms with Crippen LogP contribution in [0.2, 0.25) is 0 Å². The van der Waals surface area contributed by atoms with E-state index in [0.29, 0.717) is 6.42 Å². The second-order valence-corrected chi connectivity index (χ2v) is 6.47. The van der Waals surface area contributed by atoms with Crippen LogP contribution in [0.25, 0.3) is 0 Å². The molecule has 0 aliphatic carbocycles. The van der Waals surface area contributed by atoms with Crippen LogP contribution in [0.4, 0.5) is 0 Å². The van der Waals surface area contributed by atoms with E-state index < -0.39 is 28.0 Å². The quantitative estimate of drug-likeness (QED) is 0.814. The minimum Gasteiger partial charge on any atom is -0.469 e. The van der Waals surface area contributed by atoms with Gasteiger partial charge in [0, 0.05) is 6.04 Å². The lowest BCUT2D eigenvalue weighted by atomic mass is 10.0. The predicted molar refractivity (Wildman–Crippen MR) is 76.8 cm³/mol. The first-order chi connectivity index (χ1) is 9.31. The molecule has 1 rings (SSSR count). The summed E-state index contributed by atoms with van der Waals surface area (Å²) in [6.45, 7) is 5.36. The molecule has 2 atom stereocenters. The first-order valence-corrected chi connectivity index (χ1v) is 7.97. The number of carbonyl (C=O) groups excluding carboxylic acids is 1. The fourth-order valence-corrected chi connectivity index (χ4v) is 3.27. The molecule has 6 heteroatoms. The van der Waals surface area contributed by atoms with Gasteiger partial charge in [0.05, 0.1) is 17.9 Å². The second kappa shape index (κ2) is 6.85. The molecule has 0 radical (unpaired) electrons. The number of aryl methyl sites for hydroxylation is 1. The van der Waals surface area contributed by atoms with Crippen LogP contribution < -0.4 is 4.72 Å². The lowest BCUT2D eigenvalue weighted by Crippen LogP contribution is -2.42. The molecule has 0 aliphatic heterocycles. The maximum absolute atomic E-state index is 12.3. The number of sulfonamides is 1. The van der Waals surface area contributed by atoms with Gasteiger partial charge in [-0.1, -0.05) is 31.5 Å². The van der Waals surface area contributed by atoms with Crippen LogP contribution in [0.3, 0.4) is 0 Å². The third kappa shape index (κ3) is 4.05. The largest absolute Gasteiger partial charge is 0.469 e. The summed E-state index contributed by atoms with van der Waals surface area (Å²) in [7, 11) is -2.34. The van der Waals surface area contributed by atoms with E-state index in [9.17, 15) is 13.2 Å². The Kier molecular flexibility index (Phi) is 5.71. The number of carbonyl (C=O) groups is 1. The molecule has 0 spiro atoms. The number of hydrogen-bond acceptors (Lipinski definition) is 4. The summed E-state index contributed by atoms with van der Waals surface area (Å²) in [5.74, 6) is -0.964. The Hall–Kier alpha value is -1.40. The number of ether oxygens (including phenoxy) is 1. The average Bonchev–Trinajstić information content (AvgIpc) is 2.43. The molecule has 1 aromatic rings. The number of nitrogens with one attached hydrogen (secondary N) is 1. The normalized spacial score (nSPS) is 14.6. The summed E-state index contributed by atoms with van der Waals surface area (Å²) in [5.41, 5.74) is 0.985. The number of benzene rings is 1. The highest BCUT2D eigenvalue weighted by Gasteiger charge is 2.28. The summed E-state index contributed by atoms with van der Waals surface area (Å²) in [6.07, 6.45) is 0.501. The van der Waals surface area contributed by atoms with Crippen LogP contribution >= 0.6 is 0 Å². The van der Waals surface area contributed by atoms with Gasteiger partial charge in [0.1, 0.15) is 0 Å². The Morgan fingerprint density at radius 2 is 1.85 bits per heavy atom. The van der Waals surface area contributed by atoms with Crippen molar-refractivity contribution >= 4 is 16.0 Å². The van der Waals surface area contributed by atoms with E-state index in [2.05, 4.69) is 9.46 Å². The summed E-state index contributed by atoms with van der Waals surface area (Å²) in [5, 5.41) is 0. The Bertz CT molecular complexity index is 551. The molecule has 0 unspecified atom stereocenters. The molecular formula is C14H21NO4S. The van der Waals surface area contributed by atoms with Gasteiger partial charge in [0.2, 0.25) is 10.0 Å². The van der Waals surface area contributed by atoms with Crippen molar-refractivity contribution in [2.75, 3.05) is 7.11 Å². The van der Waals surface area contributed by atoms with Gasteiger partial charge in [0.25, 0.3) is 0 Å². The fourth-order valence-electron chi connectivity index (χ4n) is 1.87. The molecule has 0 fully saturated rings. The van der Waals surface area contributed by atoms with Crippen molar-refractivity contribution in [3.05, 3.63) is 29.8 Å². The SMILES string of the molecule is CC[C@H](NS(=O)(=O)c1ccc(C)cc1)[C@H](C)C(=O)OC. The second-order valence-electron chi connectivity index (χ2n) is 4.76. The van der Waals surface area contributed by atoms with E-state index >= 15 is 0 Å². The molecule has 0 heterocycles. The summed E-state index contributed by atoms with van der Waals surface area (Å²) < 4.78 is 31.8. The smallest absolute Gasteiger partial charge is 0.309 e. The topological polar surface area (TPSA) is 72.5 Å². The van der Waals surface area contributed by atoms with Gasteiger partial charge in [-0.2, -0.15) is 0 Å². The van der Waals surface area contributed by atoms with E-state index in [1.165, 1.54) is 7.11 Å². The summed E-state index contributed by atoms with van der Waals surface area (Å²) in [4.78, 5) is 11.7. The van der Waals surface area contributed by atoms with Crippen molar-refractivity contribution in [2.45, 2.75) is 38.1 Å². The first-order valence-electron chi connectivity index (χ1n) is 6.48. The third-order valence-electron chi connectivity index (χ3n) is 3.25. The van der Waals surface area contributed by atoms with Crippen molar-refractivity contribution in [1.29, 1.82) is 0 Å². The highest BCUT2D eigenvalue weighted by molar-refractivity contribution is 7.89. The third-order valence-corrected chi connectivity index (χ3v) is 4.76. The van der Waals surface area contributed by atoms with Crippen LogP contribution in [-0.2, 0) is 19.6 Å². The highest BCUT2D eigenvalue weighted by atomic mass is 32.2. The highest BCUT2D eigenvalue weighted by Crippen LogP contribution is 2.15. The van der Waals surface area contributed by atoms with Crippen molar-refractivity contribution in [1.82, 2.24) is 4.72 Å². The van der Waals surface area contributed by atoms with Gasteiger partial charge in [-0.3, -0.25) is 4.79 Å². The van der Waals surface area contributed by atoms with Gasteiger partial charge in [0.15, 0.2) is 0 Å². The average molecular weight is 299 g/mol. The van der Waals surface area contributed by atoms with Crippen LogP contribution in [-0.4, -0.2) is 27.5 Å². The molecule has 1 N–H and O–H groups in total. The van der Waals surface area contributed by atoms with Crippen molar-refractivity contribution in [3.63, 3.8) is 0 Å². The molecular weight excluding hydrogens is 278 g/mol. The van der Waals surface area contributed by atoms with Gasteiger partial charge in [-0.05, 0) is 25.5 Å². The van der Waals surface area contributed by atoms with E-state index in [4.69, 9.17) is 0 Å². The zero-order valence-electron chi connectivity index (χ0n) is 12.2. The van der Waals surface area contributed by atoms with Gasteiger partial charge >= 0.3 is 5.97 Å². The minimum atomic E-state index is -3.63. The molecule has 112 valence electrons. The molecule has 1 aromatic carbocycles. The van der Waals surface area contributed by atoms with E-state index in [-0.39, 0.29) is 4.90 Å². The van der Waals surface area contributed by atoms with Crippen LogP contribution in [0.1, 0.15) is 25.8 Å². The molecule has 0 saturated carbocycles. The predicted octanol–water partition coefficient (Wildman–Crippen LogP) is 1.86. The molecule has 5 nitrogen and oxygen atoms in total. The van der Waals surface area contributed by atoms with Gasteiger partial charge in [-0.25, -0.2) is 13.1 Å². The Balaban J connectivity index is 2.93. The molecule has 0 aromatic heterocycles. The lowest BCUT2D eigenvalue weighted by molar-refractivity contribution is -0.145. The molecule has 0 saturated heterocycles. The van der Waals surface area contributed by atoms with E-state index in [1.54, 1.807) is 31.2 Å². The monoisotopic (exact) mass is 299 g/mol. The number of esters is 1. The fraction of sp³-hybridized carbons (Fsp3) is 0.500. The molecule has 0 aliphatic rings. The number of methoxy groups -OCH3 is 1. The van der Waals surface area contributed by atoms with Gasteiger partial charge in [-0.15, -0.1) is 0 Å². The maximum Gasteiger partial charge on any atom is 0.309 e. The molecule has 20 heavy (non-hydrogen) atoms. The number of rotatable bonds is 6. The Morgan fingerprint density at radius 3 is 2.30 bits per heavy atom. The van der Waals surface area contributed by atoms with Crippen molar-refractivity contribution in [3.8, 4) is 0 Å². The Labute approximate surface area is 120 Å². The number of hydrogen-bond donors (Lipinski definition) is 1. The van der Waals surface area contributed by atoms with Gasteiger partial charge < -0.3 is 4.74 Å². The summed E-state index contributed by atoms with van der Waals surface area (Å²) >= 11 is 0. The molecule has 0 amide bonds. The minimum absolute atomic E-state index is 0.193. The van der Waals surface area contributed by atoms with Crippen LogP contribution in [0, 0.1) is 12.8 Å². The summed E-state index contributed by atoms with van der Waals surface area (Å²) in [6, 6.07) is 6.08. The Morgan fingerprint density at radius 1 is 1.30 bits per heavy atom. The lowest BCUT2D eigenvalue weighted by Gasteiger charge is -2.22. The zero-order chi connectivity index (χ0) is 15.3. The maximum atomic E-state index is 12.3. The van der Waals surface area contributed by atoms with E-state index in [1.807, 2.05) is 13.8 Å². The van der Waals surface area contributed by atoms with E-state index in [0.717, 1.165) is 5.56 Å². The van der Waals surface area contributed by atoms with Crippen molar-refractivity contribution in [2.24, 2.45) is 5.92 Å². The first kappa shape index (κ1) is 16.7. The molecule has 0 bridgehead atoms. The zero-order valence-corrected chi connectivity index (χ0v) is 13.0.